The summed E-state index contributed by atoms with van der Waals surface area (Å²) in [5.41, 5.74) is 0.763. The smallest absolute Gasteiger partial charge is 0.235 e. The lowest BCUT2D eigenvalue weighted by molar-refractivity contribution is 0.507. The SMILES string of the molecule is Cc1cc2c(N[C@@H]3C[C@H]3c3ccc(F)c(F)c3)nc(C#N)nc2s1. The molecule has 0 amide bonds. The van der Waals surface area contributed by atoms with Crippen LogP contribution in [0.2, 0.25) is 0 Å². The molecular formula is C17H12F2N4S. The van der Waals surface area contributed by atoms with Crippen molar-refractivity contribution in [1.82, 2.24) is 9.97 Å². The van der Waals surface area contributed by atoms with Crippen molar-refractivity contribution in [3.8, 4) is 6.07 Å². The van der Waals surface area contributed by atoms with Gasteiger partial charge in [0.2, 0.25) is 5.82 Å². The molecule has 0 radical (unpaired) electrons. The zero-order chi connectivity index (χ0) is 16.8. The number of benzene rings is 1. The summed E-state index contributed by atoms with van der Waals surface area (Å²) in [7, 11) is 0. The number of aromatic nitrogens is 2. The van der Waals surface area contributed by atoms with Crippen LogP contribution in [-0.2, 0) is 0 Å². The number of thiophene rings is 1. The van der Waals surface area contributed by atoms with E-state index in [4.69, 9.17) is 5.26 Å². The topological polar surface area (TPSA) is 61.6 Å². The predicted molar refractivity (Wildman–Crippen MR) is 88.0 cm³/mol. The minimum atomic E-state index is -0.839. The summed E-state index contributed by atoms with van der Waals surface area (Å²) in [6, 6.07) is 8.04. The fraction of sp³-hybridized carbons (Fsp3) is 0.235. The summed E-state index contributed by atoms with van der Waals surface area (Å²) in [5, 5.41) is 13.3. The fourth-order valence-electron chi connectivity index (χ4n) is 2.84. The van der Waals surface area contributed by atoms with E-state index in [1.165, 1.54) is 17.4 Å². The molecule has 1 fully saturated rings. The number of nitriles is 1. The third kappa shape index (κ3) is 2.59. The highest BCUT2D eigenvalue weighted by Gasteiger charge is 2.39. The molecule has 1 saturated carbocycles. The number of anilines is 1. The second-order valence-corrected chi connectivity index (χ2v) is 7.08. The van der Waals surface area contributed by atoms with Crippen LogP contribution in [0.25, 0.3) is 10.2 Å². The zero-order valence-electron chi connectivity index (χ0n) is 12.7. The molecule has 1 N–H and O–H groups in total. The number of hydrogen-bond donors (Lipinski definition) is 1. The number of fused-ring (bicyclic) bond motifs is 1. The highest BCUT2D eigenvalue weighted by atomic mass is 32.1. The fourth-order valence-corrected chi connectivity index (χ4v) is 3.72. The molecule has 0 saturated heterocycles. The highest BCUT2D eigenvalue weighted by molar-refractivity contribution is 7.18. The number of nitrogens with one attached hydrogen (secondary N) is 1. The Bertz CT molecular complexity index is 992. The van der Waals surface area contributed by atoms with Crippen molar-refractivity contribution in [1.29, 1.82) is 5.26 Å². The molecule has 0 spiro atoms. The van der Waals surface area contributed by atoms with Crippen molar-refractivity contribution >= 4 is 27.4 Å². The van der Waals surface area contributed by atoms with E-state index in [-0.39, 0.29) is 17.8 Å². The number of halogens is 2. The van der Waals surface area contributed by atoms with Gasteiger partial charge in [-0.05, 0) is 37.1 Å². The van der Waals surface area contributed by atoms with E-state index in [9.17, 15) is 8.78 Å². The Morgan fingerprint density at radius 2 is 2.08 bits per heavy atom. The summed E-state index contributed by atoms with van der Waals surface area (Å²) in [6.45, 7) is 1.98. The molecular weight excluding hydrogens is 330 g/mol. The van der Waals surface area contributed by atoms with Gasteiger partial charge in [-0.2, -0.15) is 5.26 Å². The van der Waals surface area contributed by atoms with E-state index in [1.807, 2.05) is 19.1 Å². The molecule has 4 nitrogen and oxygen atoms in total. The normalized spacial score (nSPS) is 19.2. The minimum Gasteiger partial charge on any atom is -0.366 e. The van der Waals surface area contributed by atoms with Gasteiger partial charge in [-0.1, -0.05) is 6.07 Å². The van der Waals surface area contributed by atoms with Gasteiger partial charge < -0.3 is 5.32 Å². The van der Waals surface area contributed by atoms with E-state index in [0.717, 1.165) is 33.1 Å². The van der Waals surface area contributed by atoms with Crippen LogP contribution in [-0.4, -0.2) is 16.0 Å². The van der Waals surface area contributed by atoms with E-state index < -0.39 is 11.6 Å². The summed E-state index contributed by atoms with van der Waals surface area (Å²) in [6.07, 6.45) is 0.807. The van der Waals surface area contributed by atoms with Crippen LogP contribution in [0.15, 0.2) is 24.3 Å². The Morgan fingerprint density at radius 3 is 2.83 bits per heavy atom. The number of hydrogen-bond acceptors (Lipinski definition) is 5. The molecule has 0 unspecified atom stereocenters. The molecule has 2 aromatic heterocycles. The number of rotatable bonds is 3. The largest absolute Gasteiger partial charge is 0.366 e. The van der Waals surface area contributed by atoms with Crippen LogP contribution in [0.1, 0.15) is 28.6 Å². The monoisotopic (exact) mass is 342 g/mol. The Morgan fingerprint density at radius 1 is 1.25 bits per heavy atom. The van der Waals surface area contributed by atoms with E-state index in [0.29, 0.717) is 5.82 Å². The van der Waals surface area contributed by atoms with Crippen molar-refractivity contribution < 1.29 is 8.78 Å². The van der Waals surface area contributed by atoms with E-state index in [1.54, 1.807) is 6.07 Å². The zero-order valence-corrected chi connectivity index (χ0v) is 13.5. The van der Waals surface area contributed by atoms with Crippen LogP contribution >= 0.6 is 11.3 Å². The van der Waals surface area contributed by atoms with Gasteiger partial charge in [0.1, 0.15) is 16.7 Å². The van der Waals surface area contributed by atoms with Gasteiger partial charge in [-0.15, -0.1) is 11.3 Å². The predicted octanol–water partition coefficient (Wildman–Crippen LogP) is 4.12. The summed E-state index contributed by atoms with van der Waals surface area (Å²) < 4.78 is 26.4. The van der Waals surface area contributed by atoms with Crippen LogP contribution in [0.4, 0.5) is 14.6 Å². The van der Waals surface area contributed by atoms with Gasteiger partial charge in [0, 0.05) is 16.8 Å². The lowest BCUT2D eigenvalue weighted by Crippen LogP contribution is -2.07. The Labute approximate surface area is 140 Å². The van der Waals surface area contributed by atoms with Crippen molar-refractivity contribution in [3.63, 3.8) is 0 Å². The lowest BCUT2D eigenvalue weighted by Gasteiger charge is -2.07. The summed E-state index contributed by atoms with van der Waals surface area (Å²) in [4.78, 5) is 10.3. The molecule has 7 heteroatoms. The van der Waals surface area contributed by atoms with Gasteiger partial charge in [-0.25, -0.2) is 18.7 Å². The Kier molecular flexibility index (Phi) is 3.43. The Balaban J connectivity index is 1.61. The maximum atomic E-state index is 13.4. The average molecular weight is 342 g/mol. The van der Waals surface area contributed by atoms with Crippen LogP contribution in [0.5, 0.6) is 0 Å². The minimum absolute atomic E-state index is 0.0831. The van der Waals surface area contributed by atoms with Crippen LogP contribution in [0.3, 0.4) is 0 Å². The third-order valence-electron chi connectivity index (χ3n) is 4.10. The standard InChI is InChI=1S/C17H12F2N4S/c1-8-4-11-16(22-15(7-20)23-17(11)24-8)21-14-6-10(14)9-2-3-12(18)13(19)5-9/h2-5,10,14H,6H2,1H3,(H,21,22,23)/t10-,14+/m0/s1. The number of nitrogens with zero attached hydrogens (tertiary/aromatic N) is 3. The molecule has 4 rings (SSSR count). The van der Waals surface area contributed by atoms with Gasteiger partial charge >= 0.3 is 0 Å². The van der Waals surface area contributed by atoms with Crippen molar-refractivity contribution in [2.24, 2.45) is 0 Å². The first-order chi connectivity index (χ1) is 11.5. The first-order valence-electron chi connectivity index (χ1n) is 7.45. The quantitative estimate of drug-likeness (QED) is 0.778. The molecule has 120 valence electrons. The van der Waals surface area contributed by atoms with Crippen molar-refractivity contribution in [2.75, 3.05) is 5.32 Å². The average Bonchev–Trinajstić information content (AvgIpc) is 3.21. The molecule has 2 heterocycles. The first kappa shape index (κ1) is 15.0. The molecule has 1 aliphatic rings. The summed E-state index contributed by atoms with van der Waals surface area (Å²) >= 11 is 1.51. The molecule has 2 atom stereocenters. The van der Waals surface area contributed by atoms with Gasteiger partial charge in [0.25, 0.3) is 0 Å². The molecule has 0 aliphatic heterocycles. The lowest BCUT2D eigenvalue weighted by atomic mass is 10.1. The van der Waals surface area contributed by atoms with E-state index >= 15 is 0 Å². The van der Waals surface area contributed by atoms with Crippen molar-refractivity contribution in [3.05, 3.63) is 52.2 Å². The van der Waals surface area contributed by atoms with Crippen LogP contribution in [0, 0.1) is 29.9 Å². The molecule has 3 aromatic rings. The third-order valence-corrected chi connectivity index (χ3v) is 5.04. The molecule has 1 aliphatic carbocycles. The molecule has 0 bridgehead atoms. The maximum Gasteiger partial charge on any atom is 0.235 e. The highest BCUT2D eigenvalue weighted by Crippen LogP contribution is 2.44. The number of aryl methyl sites for hydroxylation is 1. The van der Waals surface area contributed by atoms with Crippen LogP contribution < -0.4 is 5.32 Å². The van der Waals surface area contributed by atoms with Gasteiger partial charge in [0.15, 0.2) is 11.6 Å². The van der Waals surface area contributed by atoms with Gasteiger partial charge in [-0.3, -0.25) is 0 Å². The van der Waals surface area contributed by atoms with Crippen molar-refractivity contribution in [2.45, 2.75) is 25.3 Å². The summed E-state index contributed by atoms with van der Waals surface area (Å²) in [5.74, 6) is -0.820. The van der Waals surface area contributed by atoms with E-state index in [2.05, 4.69) is 15.3 Å². The second kappa shape index (κ2) is 5.49. The first-order valence-corrected chi connectivity index (χ1v) is 8.26. The van der Waals surface area contributed by atoms with Gasteiger partial charge in [0.05, 0.1) is 5.39 Å². The molecule has 24 heavy (non-hydrogen) atoms. The Hall–Kier alpha value is -2.59. The maximum absolute atomic E-state index is 13.4. The second-order valence-electron chi connectivity index (χ2n) is 5.85. The molecule has 1 aromatic carbocycles.